The lowest BCUT2D eigenvalue weighted by atomic mass is 10.1. The molecule has 2 aliphatic rings. The van der Waals surface area contributed by atoms with Crippen LogP contribution in [0, 0.1) is 0 Å². The predicted octanol–water partition coefficient (Wildman–Crippen LogP) is 1.81. The van der Waals surface area contributed by atoms with E-state index in [4.69, 9.17) is 0 Å². The highest BCUT2D eigenvalue weighted by molar-refractivity contribution is 9.10. The van der Waals surface area contributed by atoms with Crippen LogP contribution in [0.1, 0.15) is 37.5 Å². The van der Waals surface area contributed by atoms with Crippen molar-refractivity contribution < 1.29 is 19.2 Å². The van der Waals surface area contributed by atoms with Gasteiger partial charge in [-0.1, -0.05) is 15.9 Å². The SMILES string of the molecule is O=C(CN1C(=O)c2ccc(Br)cc2C1=O)N1CCCN(C(=O)c2cccnc2)CC1. The first-order valence-electron chi connectivity index (χ1n) is 9.58. The van der Waals surface area contributed by atoms with Gasteiger partial charge in [0.15, 0.2) is 0 Å². The molecule has 2 aromatic rings. The molecule has 0 atom stereocenters. The Kier molecular flexibility index (Phi) is 5.63. The minimum atomic E-state index is -0.465. The number of halogens is 1. The molecule has 1 saturated heterocycles. The van der Waals surface area contributed by atoms with Crippen molar-refractivity contribution in [2.75, 3.05) is 32.7 Å². The summed E-state index contributed by atoms with van der Waals surface area (Å²) in [5, 5.41) is 0. The van der Waals surface area contributed by atoms with Gasteiger partial charge in [0.05, 0.1) is 16.7 Å². The van der Waals surface area contributed by atoms with Gasteiger partial charge in [0.2, 0.25) is 5.91 Å². The van der Waals surface area contributed by atoms with Crippen molar-refractivity contribution in [2.45, 2.75) is 6.42 Å². The Bertz CT molecular complexity index is 1030. The number of carbonyl (C=O) groups excluding carboxylic acids is 4. The molecule has 30 heavy (non-hydrogen) atoms. The maximum absolute atomic E-state index is 12.8. The predicted molar refractivity (Wildman–Crippen MR) is 111 cm³/mol. The van der Waals surface area contributed by atoms with Gasteiger partial charge >= 0.3 is 0 Å². The first-order valence-corrected chi connectivity index (χ1v) is 10.4. The minimum Gasteiger partial charge on any atom is -0.339 e. The molecule has 4 amide bonds. The number of benzene rings is 1. The van der Waals surface area contributed by atoms with Crippen LogP contribution in [-0.2, 0) is 4.79 Å². The lowest BCUT2D eigenvalue weighted by molar-refractivity contribution is -0.131. The van der Waals surface area contributed by atoms with Crippen molar-refractivity contribution in [1.29, 1.82) is 0 Å². The Morgan fingerprint density at radius 3 is 2.47 bits per heavy atom. The second kappa shape index (κ2) is 8.35. The first-order chi connectivity index (χ1) is 14.5. The van der Waals surface area contributed by atoms with E-state index in [9.17, 15) is 19.2 Å². The monoisotopic (exact) mass is 470 g/mol. The van der Waals surface area contributed by atoms with Crippen LogP contribution in [0.15, 0.2) is 47.2 Å². The van der Waals surface area contributed by atoms with Crippen LogP contribution in [0.2, 0.25) is 0 Å². The molecule has 1 aromatic carbocycles. The highest BCUT2D eigenvalue weighted by Crippen LogP contribution is 2.26. The standard InChI is InChI=1S/C21H19BrN4O4/c22-15-4-5-16-17(11-15)21(30)26(20(16)29)13-18(27)24-7-2-8-25(10-9-24)19(28)14-3-1-6-23-12-14/h1,3-6,11-12H,2,7-10,13H2. The summed E-state index contributed by atoms with van der Waals surface area (Å²) in [6, 6.07) is 8.29. The molecule has 0 unspecified atom stereocenters. The zero-order chi connectivity index (χ0) is 21.3. The second-order valence-electron chi connectivity index (χ2n) is 7.15. The van der Waals surface area contributed by atoms with Gasteiger partial charge in [0, 0.05) is 43.0 Å². The maximum atomic E-state index is 12.8. The van der Waals surface area contributed by atoms with Crippen molar-refractivity contribution in [2.24, 2.45) is 0 Å². The Labute approximate surface area is 181 Å². The number of imide groups is 1. The fourth-order valence-electron chi connectivity index (χ4n) is 3.68. The largest absolute Gasteiger partial charge is 0.339 e. The van der Waals surface area contributed by atoms with Gasteiger partial charge in [-0.2, -0.15) is 0 Å². The topological polar surface area (TPSA) is 90.9 Å². The Morgan fingerprint density at radius 2 is 1.70 bits per heavy atom. The zero-order valence-electron chi connectivity index (χ0n) is 16.1. The van der Waals surface area contributed by atoms with Crippen LogP contribution in [0.5, 0.6) is 0 Å². The van der Waals surface area contributed by atoms with Crippen LogP contribution in [0.4, 0.5) is 0 Å². The normalized spacial score (nSPS) is 16.5. The van der Waals surface area contributed by atoms with E-state index in [1.165, 1.54) is 6.20 Å². The van der Waals surface area contributed by atoms with Crippen molar-refractivity contribution in [3.8, 4) is 0 Å². The van der Waals surface area contributed by atoms with Gasteiger partial charge < -0.3 is 9.80 Å². The summed E-state index contributed by atoms with van der Waals surface area (Å²) in [4.78, 5) is 58.9. The molecule has 9 heteroatoms. The molecule has 0 saturated carbocycles. The van der Waals surface area contributed by atoms with Crippen LogP contribution in [0.3, 0.4) is 0 Å². The number of nitrogens with zero attached hydrogens (tertiary/aromatic N) is 4. The summed E-state index contributed by atoms with van der Waals surface area (Å²) in [7, 11) is 0. The second-order valence-corrected chi connectivity index (χ2v) is 8.07. The quantitative estimate of drug-likeness (QED) is 0.638. The van der Waals surface area contributed by atoms with E-state index in [1.807, 2.05) is 0 Å². The highest BCUT2D eigenvalue weighted by Gasteiger charge is 2.37. The molecule has 0 spiro atoms. The molecule has 0 N–H and O–H groups in total. The van der Waals surface area contributed by atoms with Gasteiger partial charge in [-0.15, -0.1) is 0 Å². The van der Waals surface area contributed by atoms with E-state index in [0.29, 0.717) is 53.8 Å². The molecular weight excluding hydrogens is 452 g/mol. The number of carbonyl (C=O) groups is 4. The summed E-state index contributed by atoms with van der Waals surface area (Å²) < 4.78 is 0.696. The molecule has 1 fully saturated rings. The number of amides is 4. The number of aromatic nitrogens is 1. The third-order valence-electron chi connectivity index (χ3n) is 5.27. The molecule has 0 aliphatic carbocycles. The maximum Gasteiger partial charge on any atom is 0.262 e. The Hall–Kier alpha value is -3.07. The third kappa shape index (κ3) is 3.85. The van der Waals surface area contributed by atoms with E-state index in [1.54, 1.807) is 46.3 Å². The minimum absolute atomic E-state index is 0.122. The summed E-state index contributed by atoms with van der Waals surface area (Å²) in [6.07, 6.45) is 3.75. The number of fused-ring (bicyclic) bond motifs is 1. The van der Waals surface area contributed by atoms with Crippen LogP contribution >= 0.6 is 15.9 Å². The van der Waals surface area contributed by atoms with E-state index in [2.05, 4.69) is 20.9 Å². The Morgan fingerprint density at radius 1 is 0.967 bits per heavy atom. The number of pyridine rings is 1. The summed E-state index contributed by atoms with van der Waals surface area (Å²) >= 11 is 3.30. The molecule has 8 nitrogen and oxygen atoms in total. The molecule has 4 rings (SSSR count). The summed E-state index contributed by atoms with van der Waals surface area (Å²) in [5.41, 5.74) is 1.11. The third-order valence-corrected chi connectivity index (χ3v) is 5.76. The van der Waals surface area contributed by atoms with Gasteiger partial charge in [0.1, 0.15) is 6.54 Å². The number of hydrogen-bond donors (Lipinski definition) is 0. The number of rotatable bonds is 3. The van der Waals surface area contributed by atoms with Crippen LogP contribution < -0.4 is 0 Å². The lowest BCUT2D eigenvalue weighted by Crippen LogP contribution is -2.44. The van der Waals surface area contributed by atoms with Gasteiger partial charge in [-0.25, -0.2) is 0 Å². The molecule has 154 valence electrons. The zero-order valence-corrected chi connectivity index (χ0v) is 17.7. The highest BCUT2D eigenvalue weighted by atomic mass is 79.9. The van der Waals surface area contributed by atoms with E-state index < -0.39 is 11.8 Å². The average molecular weight is 471 g/mol. The molecule has 1 aromatic heterocycles. The van der Waals surface area contributed by atoms with Crippen molar-refractivity contribution in [3.05, 3.63) is 63.9 Å². The fraction of sp³-hybridized carbons (Fsp3) is 0.286. The van der Waals surface area contributed by atoms with Crippen LogP contribution in [0.25, 0.3) is 0 Å². The molecular formula is C21H19BrN4O4. The van der Waals surface area contributed by atoms with Crippen molar-refractivity contribution >= 4 is 39.6 Å². The summed E-state index contributed by atoms with van der Waals surface area (Å²) in [5.74, 6) is -1.35. The fourth-order valence-corrected chi connectivity index (χ4v) is 4.04. The molecule has 0 radical (unpaired) electrons. The average Bonchev–Trinajstić information content (AvgIpc) is 2.94. The van der Waals surface area contributed by atoms with E-state index in [-0.39, 0.29) is 18.4 Å². The summed E-state index contributed by atoms with van der Waals surface area (Å²) in [6.45, 7) is 1.41. The van der Waals surface area contributed by atoms with Crippen molar-refractivity contribution in [3.63, 3.8) is 0 Å². The molecule has 2 aliphatic heterocycles. The Balaban J connectivity index is 1.40. The molecule has 0 bridgehead atoms. The van der Waals surface area contributed by atoms with E-state index >= 15 is 0 Å². The van der Waals surface area contributed by atoms with Gasteiger partial charge in [0.25, 0.3) is 17.7 Å². The van der Waals surface area contributed by atoms with Crippen molar-refractivity contribution in [1.82, 2.24) is 19.7 Å². The molecule has 3 heterocycles. The number of hydrogen-bond acceptors (Lipinski definition) is 5. The van der Waals surface area contributed by atoms with Crippen LogP contribution in [-0.4, -0.2) is 76.0 Å². The van der Waals surface area contributed by atoms with Gasteiger partial charge in [-0.05, 0) is 36.8 Å². The smallest absolute Gasteiger partial charge is 0.262 e. The lowest BCUT2D eigenvalue weighted by Gasteiger charge is -2.24. The first kappa shape index (κ1) is 20.2. The van der Waals surface area contributed by atoms with E-state index in [0.717, 1.165) is 4.90 Å². The van der Waals surface area contributed by atoms with Gasteiger partial charge in [-0.3, -0.25) is 29.1 Å².